The summed E-state index contributed by atoms with van der Waals surface area (Å²) >= 11 is 0. The molecule has 6 rings (SSSR count). The van der Waals surface area contributed by atoms with Crippen LogP contribution in [0.25, 0.3) is 16.7 Å². The van der Waals surface area contributed by atoms with E-state index in [9.17, 15) is 5.11 Å². The molecule has 0 fully saturated rings. The molecule has 2 atom stereocenters. The predicted octanol–water partition coefficient (Wildman–Crippen LogP) is 7.00. The van der Waals surface area contributed by atoms with Crippen LogP contribution in [0.5, 0.6) is 17.4 Å². The van der Waals surface area contributed by atoms with E-state index in [0.717, 1.165) is 22.3 Å². The van der Waals surface area contributed by atoms with Crippen LogP contribution in [0.15, 0.2) is 60.7 Å². The minimum Gasteiger partial charge on any atom is -0.570 e. The van der Waals surface area contributed by atoms with Crippen molar-refractivity contribution in [1.82, 2.24) is 4.98 Å². The molecule has 196 valence electrons. The quantitative estimate of drug-likeness (QED) is 0.184. The minimum absolute atomic E-state index is 0. The second-order valence-electron chi connectivity index (χ2n) is 11.8. The molecule has 38 heavy (non-hydrogen) atoms. The van der Waals surface area contributed by atoms with Gasteiger partial charge in [0.25, 0.3) is 0 Å². The molecule has 3 aromatic carbocycles. The van der Waals surface area contributed by atoms with Crippen molar-refractivity contribution < 1.29 is 35.6 Å². The van der Waals surface area contributed by atoms with Gasteiger partial charge in [0.05, 0.1) is 14.2 Å². The molecule has 2 heterocycles. The molecule has 0 amide bonds. The molecule has 1 aliphatic carbocycles. The molecule has 0 spiro atoms. The van der Waals surface area contributed by atoms with Crippen LogP contribution in [0.4, 0.5) is 0 Å². The van der Waals surface area contributed by atoms with Crippen molar-refractivity contribution in [1.29, 1.82) is 0 Å². The molecule has 6 heteroatoms. The smallest absolute Gasteiger partial charge is 0.570 e. The Labute approximate surface area is 240 Å². The Morgan fingerprint density at radius 2 is 1.79 bits per heavy atom. The second kappa shape index (κ2) is 9.39. The Balaban J connectivity index is 0.00000294. The minimum atomic E-state index is -1.69. The molecule has 4 aromatic rings. The number of benzene rings is 3. The first-order valence-electron chi connectivity index (χ1n) is 12.8. The van der Waals surface area contributed by atoms with E-state index in [-0.39, 0.29) is 44.3 Å². The SMILES string of the molecule is Cc1cc(O)c2nc(Oc3[c-]c(C4=[C-][C@H]5c6ccccc6C(C)(C)[C@@H]5O4)cc([Si](C)(C)C)c3)ccc2c1.[Pt+2]. The first-order valence-corrected chi connectivity index (χ1v) is 16.3. The molecule has 1 aliphatic heterocycles. The molecular formula is C32H31NO3PtSi. The van der Waals surface area contributed by atoms with Gasteiger partial charge in [0, 0.05) is 22.6 Å². The van der Waals surface area contributed by atoms with Crippen molar-refractivity contribution in [3.63, 3.8) is 0 Å². The van der Waals surface area contributed by atoms with Gasteiger partial charge in [0.15, 0.2) is 0 Å². The number of aryl methyl sites for hydroxylation is 1. The third kappa shape index (κ3) is 4.50. The Hall–Kier alpha value is -2.88. The number of pyridine rings is 1. The molecule has 0 saturated carbocycles. The summed E-state index contributed by atoms with van der Waals surface area (Å²) in [5.74, 6) is 1.99. The topological polar surface area (TPSA) is 51.6 Å². The normalized spacial score (nSPS) is 19.3. The monoisotopic (exact) mass is 700 g/mol. The summed E-state index contributed by atoms with van der Waals surface area (Å²) < 4.78 is 12.9. The number of hydrogen-bond acceptors (Lipinski definition) is 4. The number of nitrogens with zero attached hydrogens (tertiary/aromatic N) is 1. The zero-order valence-electron chi connectivity index (χ0n) is 22.5. The van der Waals surface area contributed by atoms with E-state index in [2.05, 4.69) is 87.0 Å². The van der Waals surface area contributed by atoms with E-state index in [4.69, 9.17) is 9.47 Å². The summed E-state index contributed by atoms with van der Waals surface area (Å²) in [6.45, 7) is 13.4. The number of fused-ring (bicyclic) bond motifs is 4. The Morgan fingerprint density at radius 1 is 1.03 bits per heavy atom. The van der Waals surface area contributed by atoms with E-state index >= 15 is 0 Å². The number of rotatable bonds is 4. The average molecular weight is 701 g/mol. The molecule has 0 bridgehead atoms. The molecule has 0 unspecified atom stereocenters. The molecule has 1 N–H and O–H groups in total. The molecule has 2 aliphatic rings. The number of aromatic nitrogens is 1. The van der Waals surface area contributed by atoms with Crippen molar-refractivity contribution in [2.75, 3.05) is 0 Å². The van der Waals surface area contributed by atoms with Crippen LogP contribution in [-0.4, -0.2) is 24.3 Å². The number of phenolic OH excluding ortho intramolecular Hbond substituents is 1. The maximum absolute atomic E-state index is 10.4. The first kappa shape index (κ1) is 26.7. The van der Waals surface area contributed by atoms with E-state index in [0.29, 0.717) is 17.1 Å². The second-order valence-corrected chi connectivity index (χ2v) is 16.9. The summed E-state index contributed by atoms with van der Waals surface area (Å²) in [6, 6.07) is 23.7. The van der Waals surface area contributed by atoms with Gasteiger partial charge in [-0.05, 0) is 42.2 Å². The summed E-state index contributed by atoms with van der Waals surface area (Å²) in [6.07, 6.45) is 3.66. The van der Waals surface area contributed by atoms with E-state index in [1.165, 1.54) is 16.3 Å². The van der Waals surface area contributed by atoms with Gasteiger partial charge in [0.1, 0.15) is 11.3 Å². The average Bonchev–Trinajstić information content (AvgIpc) is 3.37. The van der Waals surface area contributed by atoms with Crippen molar-refractivity contribution in [3.05, 3.63) is 95.1 Å². The van der Waals surface area contributed by atoms with Gasteiger partial charge >= 0.3 is 21.1 Å². The zero-order valence-corrected chi connectivity index (χ0v) is 25.7. The molecule has 0 saturated heterocycles. The summed E-state index contributed by atoms with van der Waals surface area (Å²) in [5.41, 5.74) is 4.88. The number of phenols is 1. The van der Waals surface area contributed by atoms with E-state index in [1.807, 2.05) is 25.1 Å². The Kier molecular flexibility index (Phi) is 6.60. The van der Waals surface area contributed by atoms with Gasteiger partial charge in [-0.15, -0.1) is 11.8 Å². The predicted molar refractivity (Wildman–Crippen MR) is 150 cm³/mol. The van der Waals surface area contributed by atoms with Gasteiger partial charge in [-0.2, -0.15) is 11.3 Å². The number of hydrogen-bond donors (Lipinski definition) is 1. The van der Waals surface area contributed by atoms with Crippen molar-refractivity contribution in [2.45, 2.75) is 57.8 Å². The summed E-state index contributed by atoms with van der Waals surface area (Å²) in [5, 5.41) is 12.5. The number of ether oxygens (including phenoxy) is 2. The summed E-state index contributed by atoms with van der Waals surface area (Å²) in [4.78, 5) is 4.59. The van der Waals surface area contributed by atoms with Crippen molar-refractivity contribution >= 4 is 29.9 Å². The van der Waals surface area contributed by atoms with Gasteiger partial charge in [0.2, 0.25) is 5.88 Å². The van der Waals surface area contributed by atoms with Crippen LogP contribution >= 0.6 is 0 Å². The van der Waals surface area contributed by atoms with Crippen LogP contribution in [0, 0.1) is 19.1 Å². The number of aromatic hydroxyl groups is 1. The van der Waals surface area contributed by atoms with E-state index in [1.54, 1.807) is 6.07 Å². The van der Waals surface area contributed by atoms with Gasteiger partial charge in [-0.1, -0.05) is 63.3 Å². The molecule has 0 radical (unpaired) electrons. The molecule has 4 nitrogen and oxygen atoms in total. The molecular weight excluding hydrogens is 670 g/mol. The fourth-order valence-electron chi connectivity index (χ4n) is 5.57. The fourth-order valence-corrected chi connectivity index (χ4v) is 6.71. The van der Waals surface area contributed by atoms with Gasteiger partial charge in [-0.25, -0.2) is 11.1 Å². The standard InChI is InChI=1S/C32H31NO3Si.Pt/c1-19-13-20-11-12-29(33-30(20)27(34)14-19)35-22-15-21(16-23(17-22)37(4,5)6)28-18-25-24-9-7-8-10-26(24)32(2,3)31(25)36-28;/h7-14,16-17,25,31,34H,1-6H3;/q-2;+2/t25-,31+;/m0./s1. The van der Waals surface area contributed by atoms with Crippen LogP contribution in [0.3, 0.4) is 0 Å². The summed E-state index contributed by atoms with van der Waals surface area (Å²) in [7, 11) is -1.69. The van der Waals surface area contributed by atoms with Crippen molar-refractivity contribution in [3.8, 4) is 17.4 Å². The Morgan fingerprint density at radius 3 is 2.55 bits per heavy atom. The fraction of sp³-hybridized carbons (Fsp3) is 0.281. The Bertz CT molecular complexity index is 1590. The van der Waals surface area contributed by atoms with Gasteiger partial charge < -0.3 is 14.6 Å². The third-order valence-corrected chi connectivity index (χ3v) is 9.62. The third-order valence-electron chi connectivity index (χ3n) is 7.60. The van der Waals surface area contributed by atoms with Crippen LogP contribution in [0.1, 0.15) is 42.0 Å². The van der Waals surface area contributed by atoms with Crippen LogP contribution in [-0.2, 0) is 31.2 Å². The van der Waals surface area contributed by atoms with Crippen molar-refractivity contribution in [2.24, 2.45) is 0 Å². The first-order chi connectivity index (χ1) is 17.5. The van der Waals surface area contributed by atoms with Crippen LogP contribution < -0.4 is 9.92 Å². The molecule has 1 aromatic heterocycles. The maximum Gasteiger partial charge on any atom is 2.00 e. The van der Waals surface area contributed by atoms with E-state index < -0.39 is 8.07 Å². The maximum atomic E-state index is 10.4. The van der Waals surface area contributed by atoms with Gasteiger partial charge in [-0.3, -0.25) is 11.6 Å². The van der Waals surface area contributed by atoms with Crippen LogP contribution in [0.2, 0.25) is 19.6 Å². The largest absolute Gasteiger partial charge is 2.00 e. The zero-order chi connectivity index (χ0) is 26.1.